The molecule has 2 heteroatoms. The van der Waals surface area contributed by atoms with Crippen molar-refractivity contribution in [3.8, 4) is 0 Å². The van der Waals surface area contributed by atoms with E-state index in [0.29, 0.717) is 0 Å². The lowest BCUT2D eigenvalue weighted by molar-refractivity contribution is 0.229. The molecule has 1 N–H and O–H groups in total. The van der Waals surface area contributed by atoms with Crippen molar-refractivity contribution in [3.05, 3.63) is 35.9 Å². The molecule has 2 rings (SSSR count). The van der Waals surface area contributed by atoms with Gasteiger partial charge in [0.05, 0.1) is 0 Å². The predicted molar refractivity (Wildman–Crippen MR) is 82.2 cm³/mol. The number of nitrogens with zero attached hydrogens (tertiary/aromatic N) is 1. The molecule has 0 saturated carbocycles. The molecule has 0 aromatic heterocycles. The van der Waals surface area contributed by atoms with Crippen LogP contribution in [0.25, 0.3) is 0 Å². The molecule has 2 atom stereocenters. The minimum absolute atomic E-state index is 0.839. The molecule has 0 amide bonds. The molecule has 1 fully saturated rings. The summed E-state index contributed by atoms with van der Waals surface area (Å²) in [6.07, 6.45) is 4.08. The van der Waals surface area contributed by atoms with Crippen LogP contribution in [-0.4, -0.2) is 31.6 Å². The van der Waals surface area contributed by atoms with E-state index in [2.05, 4.69) is 54.5 Å². The molecule has 1 aliphatic heterocycles. The Hall–Kier alpha value is -0.860. The van der Waals surface area contributed by atoms with Crippen LogP contribution >= 0.6 is 0 Å². The molecule has 2 nitrogen and oxygen atoms in total. The Kier molecular flexibility index (Phi) is 5.87. The zero-order valence-electron chi connectivity index (χ0n) is 12.4. The van der Waals surface area contributed by atoms with Gasteiger partial charge >= 0.3 is 0 Å². The fraction of sp³-hybridized carbons (Fsp3) is 0.647. The summed E-state index contributed by atoms with van der Waals surface area (Å²) in [5.41, 5.74) is 1.41. The van der Waals surface area contributed by atoms with Crippen molar-refractivity contribution in [2.75, 3.05) is 26.7 Å². The van der Waals surface area contributed by atoms with E-state index in [1.165, 1.54) is 44.5 Å². The molecule has 1 saturated heterocycles. The smallest absolute Gasteiger partial charge is 0.0230 e. The van der Waals surface area contributed by atoms with Gasteiger partial charge in [0.25, 0.3) is 0 Å². The zero-order valence-corrected chi connectivity index (χ0v) is 12.4. The number of piperidine rings is 1. The van der Waals surface area contributed by atoms with Gasteiger partial charge in [0, 0.05) is 6.54 Å². The molecule has 19 heavy (non-hydrogen) atoms. The molecule has 1 aromatic rings. The summed E-state index contributed by atoms with van der Waals surface area (Å²) < 4.78 is 0. The van der Waals surface area contributed by atoms with Crippen LogP contribution in [0, 0.1) is 11.8 Å². The van der Waals surface area contributed by atoms with Crippen LogP contribution in [0.15, 0.2) is 30.3 Å². The van der Waals surface area contributed by atoms with Gasteiger partial charge in [-0.25, -0.2) is 0 Å². The van der Waals surface area contributed by atoms with E-state index in [1.807, 2.05) is 0 Å². The average molecular weight is 260 g/mol. The molecule has 1 aromatic carbocycles. The van der Waals surface area contributed by atoms with Crippen molar-refractivity contribution < 1.29 is 0 Å². The van der Waals surface area contributed by atoms with Crippen molar-refractivity contribution in [3.63, 3.8) is 0 Å². The van der Waals surface area contributed by atoms with Crippen LogP contribution in [0.5, 0.6) is 0 Å². The maximum atomic E-state index is 3.53. The molecular formula is C17H28N2. The third-order valence-corrected chi connectivity index (χ3v) is 4.40. The van der Waals surface area contributed by atoms with Gasteiger partial charge in [0.2, 0.25) is 0 Å². The van der Waals surface area contributed by atoms with Crippen LogP contribution < -0.4 is 5.32 Å². The quantitative estimate of drug-likeness (QED) is 0.845. The lowest BCUT2D eigenvalue weighted by Gasteiger charge is -2.29. The molecule has 106 valence electrons. The maximum Gasteiger partial charge on any atom is 0.0230 e. The topological polar surface area (TPSA) is 15.3 Å². The summed E-state index contributed by atoms with van der Waals surface area (Å²) in [6, 6.07) is 10.8. The minimum Gasteiger partial charge on any atom is -0.316 e. The molecule has 1 heterocycles. The summed E-state index contributed by atoms with van der Waals surface area (Å²) in [7, 11) is 2.23. The lowest BCUT2D eigenvalue weighted by atomic mass is 9.85. The van der Waals surface area contributed by atoms with Crippen LogP contribution in [0.1, 0.15) is 31.7 Å². The zero-order chi connectivity index (χ0) is 13.5. The number of nitrogens with one attached hydrogen (secondary N) is 1. The molecule has 0 bridgehead atoms. The number of rotatable bonds is 6. The second kappa shape index (κ2) is 7.66. The maximum absolute atomic E-state index is 3.53. The van der Waals surface area contributed by atoms with Crippen LogP contribution in [-0.2, 0) is 6.54 Å². The normalized spacial score (nSPS) is 21.5. The van der Waals surface area contributed by atoms with E-state index in [9.17, 15) is 0 Å². The van der Waals surface area contributed by atoms with Gasteiger partial charge < -0.3 is 10.2 Å². The van der Waals surface area contributed by atoms with Gasteiger partial charge in [-0.15, -0.1) is 0 Å². The molecule has 0 aliphatic carbocycles. The van der Waals surface area contributed by atoms with E-state index >= 15 is 0 Å². The third-order valence-electron chi connectivity index (χ3n) is 4.40. The number of benzene rings is 1. The lowest BCUT2D eigenvalue weighted by Crippen LogP contribution is -2.34. The Morgan fingerprint density at radius 1 is 1.32 bits per heavy atom. The highest BCUT2D eigenvalue weighted by molar-refractivity contribution is 5.14. The highest BCUT2D eigenvalue weighted by Gasteiger charge is 2.19. The summed E-state index contributed by atoms with van der Waals surface area (Å²) in [5, 5.41) is 3.53. The Morgan fingerprint density at radius 2 is 2.11 bits per heavy atom. The Balaban J connectivity index is 1.69. The highest BCUT2D eigenvalue weighted by Crippen LogP contribution is 2.22. The summed E-state index contributed by atoms with van der Waals surface area (Å²) >= 11 is 0. The first-order chi connectivity index (χ1) is 9.25. The second-order valence-corrected chi connectivity index (χ2v) is 6.10. The van der Waals surface area contributed by atoms with Crippen LogP contribution in [0.2, 0.25) is 0 Å². The number of hydrogen-bond donors (Lipinski definition) is 1. The summed E-state index contributed by atoms with van der Waals surface area (Å²) in [5.74, 6) is 1.73. The van der Waals surface area contributed by atoms with Gasteiger partial charge in [-0.05, 0) is 63.3 Å². The van der Waals surface area contributed by atoms with Gasteiger partial charge in [-0.3, -0.25) is 0 Å². The molecule has 2 unspecified atom stereocenters. The Bertz CT molecular complexity index is 344. The van der Waals surface area contributed by atoms with Gasteiger partial charge in [-0.1, -0.05) is 37.3 Å². The van der Waals surface area contributed by atoms with Gasteiger partial charge in [0.15, 0.2) is 0 Å². The monoisotopic (exact) mass is 260 g/mol. The summed E-state index contributed by atoms with van der Waals surface area (Å²) in [4.78, 5) is 2.45. The summed E-state index contributed by atoms with van der Waals surface area (Å²) in [6.45, 7) is 7.14. The van der Waals surface area contributed by atoms with Crippen molar-refractivity contribution in [1.29, 1.82) is 0 Å². The molecule has 0 spiro atoms. The Morgan fingerprint density at radius 3 is 2.79 bits per heavy atom. The second-order valence-electron chi connectivity index (χ2n) is 6.10. The van der Waals surface area contributed by atoms with Crippen LogP contribution in [0.3, 0.4) is 0 Å². The fourth-order valence-electron chi connectivity index (χ4n) is 3.00. The van der Waals surface area contributed by atoms with E-state index in [1.54, 1.807) is 0 Å². The van der Waals surface area contributed by atoms with Gasteiger partial charge in [0.1, 0.15) is 0 Å². The van der Waals surface area contributed by atoms with Crippen molar-refractivity contribution >= 4 is 0 Å². The van der Waals surface area contributed by atoms with Crippen LogP contribution in [0.4, 0.5) is 0 Å². The average Bonchev–Trinajstić information content (AvgIpc) is 2.47. The van der Waals surface area contributed by atoms with Crippen molar-refractivity contribution in [1.82, 2.24) is 10.2 Å². The van der Waals surface area contributed by atoms with Crippen molar-refractivity contribution in [2.24, 2.45) is 11.8 Å². The van der Waals surface area contributed by atoms with E-state index in [4.69, 9.17) is 0 Å². The largest absolute Gasteiger partial charge is 0.316 e. The highest BCUT2D eigenvalue weighted by atomic mass is 15.1. The Labute approximate surface area is 118 Å². The molecule has 0 radical (unpaired) electrons. The molecular weight excluding hydrogens is 232 g/mol. The predicted octanol–water partition coefficient (Wildman–Crippen LogP) is 3.14. The van der Waals surface area contributed by atoms with E-state index in [-0.39, 0.29) is 0 Å². The SMILES string of the molecule is CC(CCN(C)Cc1ccccc1)C1CCCNC1. The first kappa shape index (κ1) is 14.5. The fourth-order valence-corrected chi connectivity index (χ4v) is 3.00. The third kappa shape index (κ3) is 4.96. The molecule has 1 aliphatic rings. The minimum atomic E-state index is 0.839. The van der Waals surface area contributed by atoms with Gasteiger partial charge in [-0.2, -0.15) is 0 Å². The van der Waals surface area contributed by atoms with E-state index in [0.717, 1.165) is 18.4 Å². The first-order valence-corrected chi connectivity index (χ1v) is 7.69. The standard InChI is InChI=1S/C17H28N2/c1-15(17-9-6-11-18-13-17)10-12-19(2)14-16-7-4-3-5-8-16/h3-5,7-8,15,17-18H,6,9-14H2,1-2H3. The first-order valence-electron chi connectivity index (χ1n) is 7.69. The van der Waals surface area contributed by atoms with E-state index < -0.39 is 0 Å². The number of hydrogen-bond acceptors (Lipinski definition) is 2. The van der Waals surface area contributed by atoms with Crippen molar-refractivity contribution in [2.45, 2.75) is 32.7 Å².